The van der Waals surface area contributed by atoms with Gasteiger partial charge in [0.15, 0.2) is 0 Å². The molecule has 1 aromatic rings. The van der Waals surface area contributed by atoms with Crippen LogP contribution in [0, 0.1) is 12.8 Å². The van der Waals surface area contributed by atoms with Crippen molar-refractivity contribution < 1.29 is 5.11 Å². The van der Waals surface area contributed by atoms with Crippen molar-refractivity contribution in [2.24, 2.45) is 5.92 Å². The van der Waals surface area contributed by atoms with Crippen molar-refractivity contribution in [3.05, 3.63) is 16.1 Å². The highest BCUT2D eigenvalue weighted by Gasteiger charge is 2.08. The summed E-state index contributed by atoms with van der Waals surface area (Å²) in [6, 6.07) is 0. The molecule has 0 aliphatic carbocycles. The lowest BCUT2D eigenvalue weighted by Gasteiger charge is -2.14. The van der Waals surface area contributed by atoms with Crippen LogP contribution in [0.2, 0.25) is 0 Å². The Morgan fingerprint density at radius 2 is 2.27 bits per heavy atom. The van der Waals surface area contributed by atoms with Gasteiger partial charge in [-0.15, -0.1) is 11.3 Å². The van der Waals surface area contributed by atoms with Crippen LogP contribution in [0.4, 0.5) is 0 Å². The third-order valence-electron chi connectivity index (χ3n) is 2.50. The van der Waals surface area contributed by atoms with Crippen molar-refractivity contribution in [1.82, 2.24) is 10.3 Å². The van der Waals surface area contributed by atoms with E-state index in [0.29, 0.717) is 12.5 Å². The van der Waals surface area contributed by atoms with Crippen molar-refractivity contribution in [3.63, 3.8) is 0 Å². The van der Waals surface area contributed by atoms with E-state index in [0.717, 1.165) is 18.7 Å². The van der Waals surface area contributed by atoms with Gasteiger partial charge in [-0.1, -0.05) is 13.8 Å². The van der Waals surface area contributed by atoms with Gasteiger partial charge in [-0.05, 0) is 19.3 Å². The second-order valence-electron chi connectivity index (χ2n) is 4.13. The minimum Gasteiger partial charge on any atom is -0.392 e. The summed E-state index contributed by atoms with van der Waals surface area (Å²) in [6.07, 6.45) is 0.758. The Morgan fingerprint density at radius 1 is 1.53 bits per heavy atom. The first-order valence-corrected chi connectivity index (χ1v) is 6.27. The van der Waals surface area contributed by atoms with Gasteiger partial charge in [0.1, 0.15) is 0 Å². The molecule has 15 heavy (non-hydrogen) atoms. The molecular formula is C11H20N2OS. The Morgan fingerprint density at radius 3 is 2.80 bits per heavy atom. The molecule has 1 aromatic heterocycles. The molecule has 1 heterocycles. The van der Waals surface area contributed by atoms with E-state index in [2.05, 4.69) is 10.3 Å². The number of thiazole rings is 1. The van der Waals surface area contributed by atoms with Gasteiger partial charge in [0, 0.05) is 18.0 Å². The maximum atomic E-state index is 9.57. The Labute approximate surface area is 95.6 Å². The van der Waals surface area contributed by atoms with Crippen molar-refractivity contribution in [3.8, 4) is 0 Å². The first kappa shape index (κ1) is 12.6. The van der Waals surface area contributed by atoms with E-state index in [1.165, 1.54) is 4.88 Å². The molecule has 0 spiro atoms. The van der Waals surface area contributed by atoms with Gasteiger partial charge in [-0.3, -0.25) is 0 Å². The average molecular weight is 228 g/mol. The molecule has 2 N–H and O–H groups in total. The van der Waals surface area contributed by atoms with E-state index in [1.54, 1.807) is 11.3 Å². The minimum absolute atomic E-state index is 0.243. The number of rotatable bonds is 6. The summed E-state index contributed by atoms with van der Waals surface area (Å²) in [5, 5.41) is 12.8. The predicted molar refractivity (Wildman–Crippen MR) is 64.3 cm³/mol. The minimum atomic E-state index is -0.243. The van der Waals surface area contributed by atoms with E-state index in [-0.39, 0.29) is 6.10 Å². The fourth-order valence-electron chi connectivity index (χ4n) is 1.25. The largest absolute Gasteiger partial charge is 0.392 e. The molecule has 0 saturated carbocycles. The van der Waals surface area contributed by atoms with Crippen LogP contribution in [0.1, 0.15) is 24.4 Å². The van der Waals surface area contributed by atoms with Gasteiger partial charge >= 0.3 is 0 Å². The summed E-state index contributed by atoms with van der Waals surface area (Å²) < 4.78 is 0. The number of aryl methyl sites for hydroxylation is 1. The molecule has 3 nitrogen and oxygen atoms in total. The predicted octanol–water partition coefficient (Wildman–Crippen LogP) is 1.60. The number of hydrogen-bond acceptors (Lipinski definition) is 4. The van der Waals surface area contributed by atoms with Crippen LogP contribution in [0.3, 0.4) is 0 Å². The number of aliphatic hydroxyl groups excluding tert-OH is 1. The molecule has 0 aliphatic heterocycles. The lowest BCUT2D eigenvalue weighted by atomic mass is 10.1. The first-order chi connectivity index (χ1) is 7.11. The van der Waals surface area contributed by atoms with Crippen molar-refractivity contribution >= 4 is 11.3 Å². The SMILES string of the molecule is Cc1ncsc1CCNCC(O)C(C)C. The zero-order valence-electron chi connectivity index (χ0n) is 9.66. The Balaban J connectivity index is 2.15. The monoisotopic (exact) mass is 228 g/mol. The summed E-state index contributed by atoms with van der Waals surface area (Å²) in [5.74, 6) is 0.322. The molecule has 1 rings (SSSR count). The molecule has 0 aliphatic rings. The van der Waals surface area contributed by atoms with Crippen LogP contribution >= 0.6 is 11.3 Å². The van der Waals surface area contributed by atoms with E-state index >= 15 is 0 Å². The normalized spacial score (nSPS) is 13.4. The Bertz CT molecular complexity index is 286. The summed E-state index contributed by atoms with van der Waals surface area (Å²) in [5.41, 5.74) is 3.01. The molecule has 1 unspecified atom stereocenters. The van der Waals surface area contributed by atoms with Gasteiger partial charge in [0.05, 0.1) is 17.3 Å². The van der Waals surface area contributed by atoms with Crippen molar-refractivity contribution in [1.29, 1.82) is 0 Å². The van der Waals surface area contributed by atoms with Gasteiger partial charge in [0.2, 0.25) is 0 Å². The molecule has 0 fully saturated rings. The van der Waals surface area contributed by atoms with Gasteiger partial charge in [0.25, 0.3) is 0 Å². The lowest BCUT2D eigenvalue weighted by Crippen LogP contribution is -2.31. The lowest BCUT2D eigenvalue weighted by molar-refractivity contribution is 0.124. The Kier molecular flexibility index (Phi) is 5.22. The van der Waals surface area contributed by atoms with Crippen LogP contribution in [-0.4, -0.2) is 29.3 Å². The molecule has 0 saturated heterocycles. The van der Waals surface area contributed by atoms with Crippen LogP contribution in [-0.2, 0) is 6.42 Å². The quantitative estimate of drug-likeness (QED) is 0.727. The van der Waals surface area contributed by atoms with Crippen molar-refractivity contribution in [2.75, 3.05) is 13.1 Å². The van der Waals surface area contributed by atoms with E-state index in [9.17, 15) is 5.11 Å². The molecule has 0 bridgehead atoms. The number of aliphatic hydroxyl groups is 1. The molecule has 0 aromatic carbocycles. The average Bonchev–Trinajstić information content (AvgIpc) is 2.58. The van der Waals surface area contributed by atoms with Crippen molar-refractivity contribution in [2.45, 2.75) is 33.3 Å². The van der Waals surface area contributed by atoms with E-state index in [4.69, 9.17) is 0 Å². The first-order valence-electron chi connectivity index (χ1n) is 5.39. The fraction of sp³-hybridized carbons (Fsp3) is 0.727. The van der Waals surface area contributed by atoms with Crippen LogP contribution in [0.15, 0.2) is 5.51 Å². The third-order valence-corrected chi connectivity index (χ3v) is 3.49. The van der Waals surface area contributed by atoms with Crippen LogP contribution in [0.25, 0.3) is 0 Å². The molecule has 86 valence electrons. The van der Waals surface area contributed by atoms with E-state index < -0.39 is 0 Å². The highest BCUT2D eigenvalue weighted by Crippen LogP contribution is 2.11. The van der Waals surface area contributed by atoms with Gasteiger partial charge in [-0.25, -0.2) is 4.98 Å². The molecular weight excluding hydrogens is 208 g/mol. The zero-order chi connectivity index (χ0) is 11.3. The van der Waals surface area contributed by atoms with Gasteiger partial charge < -0.3 is 10.4 Å². The van der Waals surface area contributed by atoms with Gasteiger partial charge in [-0.2, -0.15) is 0 Å². The molecule has 1 atom stereocenters. The fourth-order valence-corrected chi connectivity index (χ4v) is 2.03. The summed E-state index contributed by atoms with van der Waals surface area (Å²) in [4.78, 5) is 5.53. The number of hydrogen-bond donors (Lipinski definition) is 2. The smallest absolute Gasteiger partial charge is 0.0797 e. The molecule has 0 amide bonds. The molecule has 4 heteroatoms. The highest BCUT2D eigenvalue weighted by atomic mass is 32.1. The standard InChI is InChI=1S/C11H20N2OS/c1-8(2)10(14)6-12-5-4-11-9(3)13-7-15-11/h7-8,10,12,14H,4-6H2,1-3H3. The Hall–Kier alpha value is -0.450. The number of nitrogens with one attached hydrogen (secondary N) is 1. The highest BCUT2D eigenvalue weighted by molar-refractivity contribution is 7.09. The summed E-state index contributed by atoms with van der Waals surface area (Å²) in [6.45, 7) is 7.68. The summed E-state index contributed by atoms with van der Waals surface area (Å²) in [7, 11) is 0. The van der Waals surface area contributed by atoms with Crippen LogP contribution < -0.4 is 5.32 Å². The zero-order valence-corrected chi connectivity index (χ0v) is 10.5. The third kappa shape index (κ3) is 4.28. The number of nitrogens with zero attached hydrogens (tertiary/aromatic N) is 1. The van der Waals surface area contributed by atoms with E-state index in [1.807, 2.05) is 26.3 Å². The number of aromatic nitrogens is 1. The maximum absolute atomic E-state index is 9.57. The second kappa shape index (κ2) is 6.20. The summed E-state index contributed by atoms with van der Waals surface area (Å²) >= 11 is 1.70. The topological polar surface area (TPSA) is 45.2 Å². The molecule has 0 radical (unpaired) electrons. The maximum Gasteiger partial charge on any atom is 0.0797 e. The second-order valence-corrected chi connectivity index (χ2v) is 5.07. The van der Waals surface area contributed by atoms with Crippen LogP contribution in [0.5, 0.6) is 0 Å².